The van der Waals surface area contributed by atoms with Crippen molar-refractivity contribution in [1.29, 1.82) is 0 Å². The lowest BCUT2D eigenvalue weighted by molar-refractivity contribution is 0.0420. The van der Waals surface area contributed by atoms with Crippen molar-refractivity contribution in [3.8, 4) is 0 Å². The number of morpholine rings is 1. The standard InChI is InChI=1S/C21H20N2O7S/c24-19-17-3-1-2-4-18(17)20(25)23(19)11-14-30-21(26)15-5-7-16(8-6-15)31(27,28)22-9-12-29-13-10-22/h1-8H,9-14H2. The highest BCUT2D eigenvalue weighted by Crippen LogP contribution is 2.22. The van der Waals surface area contributed by atoms with Crippen LogP contribution in [0.5, 0.6) is 0 Å². The van der Waals surface area contributed by atoms with Gasteiger partial charge < -0.3 is 9.47 Å². The van der Waals surface area contributed by atoms with Gasteiger partial charge in [-0.3, -0.25) is 14.5 Å². The van der Waals surface area contributed by atoms with Gasteiger partial charge in [0.1, 0.15) is 6.61 Å². The van der Waals surface area contributed by atoms with E-state index in [1.54, 1.807) is 24.3 Å². The zero-order valence-corrected chi connectivity index (χ0v) is 17.3. The normalized spacial score (nSPS) is 17.0. The molecule has 162 valence electrons. The van der Waals surface area contributed by atoms with Crippen molar-refractivity contribution in [3.05, 3.63) is 65.2 Å². The van der Waals surface area contributed by atoms with Crippen LogP contribution in [0.25, 0.3) is 0 Å². The first-order valence-corrected chi connectivity index (χ1v) is 11.1. The average molecular weight is 444 g/mol. The molecule has 0 saturated carbocycles. The Hall–Kier alpha value is -3.08. The molecule has 2 aromatic rings. The van der Waals surface area contributed by atoms with Gasteiger partial charge in [-0.1, -0.05) is 12.1 Å². The van der Waals surface area contributed by atoms with Gasteiger partial charge in [0.2, 0.25) is 10.0 Å². The fraction of sp³-hybridized carbons (Fsp3) is 0.286. The first-order valence-electron chi connectivity index (χ1n) is 9.70. The Kier molecular flexibility index (Phi) is 5.86. The smallest absolute Gasteiger partial charge is 0.338 e. The number of ether oxygens (including phenoxy) is 2. The summed E-state index contributed by atoms with van der Waals surface area (Å²) in [4.78, 5) is 38.0. The molecule has 0 atom stereocenters. The summed E-state index contributed by atoms with van der Waals surface area (Å²) < 4.78 is 36.9. The number of carbonyl (C=O) groups is 3. The van der Waals surface area contributed by atoms with Gasteiger partial charge in [-0.05, 0) is 36.4 Å². The molecule has 0 bridgehead atoms. The van der Waals surface area contributed by atoms with Crippen molar-refractivity contribution < 1.29 is 32.3 Å². The lowest BCUT2D eigenvalue weighted by Gasteiger charge is -2.26. The number of imide groups is 1. The van der Waals surface area contributed by atoms with Gasteiger partial charge in [-0.2, -0.15) is 4.31 Å². The second kappa shape index (κ2) is 8.58. The molecule has 2 aliphatic heterocycles. The third-order valence-corrected chi connectivity index (χ3v) is 7.04. The number of sulfonamides is 1. The van der Waals surface area contributed by atoms with Crippen molar-refractivity contribution in [1.82, 2.24) is 9.21 Å². The fourth-order valence-electron chi connectivity index (χ4n) is 3.45. The molecule has 0 spiro atoms. The molecular formula is C21H20N2O7S. The second-order valence-electron chi connectivity index (χ2n) is 6.98. The summed E-state index contributed by atoms with van der Waals surface area (Å²) in [5, 5.41) is 0. The minimum Gasteiger partial charge on any atom is -0.460 e. The minimum absolute atomic E-state index is 0.0679. The Balaban J connectivity index is 1.34. The lowest BCUT2D eigenvalue weighted by atomic mass is 10.1. The van der Waals surface area contributed by atoms with E-state index in [2.05, 4.69) is 0 Å². The molecule has 0 N–H and O–H groups in total. The number of benzene rings is 2. The molecule has 31 heavy (non-hydrogen) atoms. The van der Waals surface area contributed by atoms with E-state index in [1.165, 1.54) is 28.6 Å². The van der Waals surface area contributed by atoms with Crippen LogP contribution in [-0.2, 0) is 19.5 Å². The molecule has 2 heterocycles. The Morgan fingerprint density at radius 1 is 0.935 bits per heavy atom. The van der Waals surface area contributed by atoms with E-state index in [-0.39, 0.29) is 36.7 Å². The molecule has 0 radical (unpaired) electrons. The molecule has 0 aliphatic carbocycles. The molecule has 0 aromatic heterocycles. The SMILES string of the molecule is O=C(OCCN1C(=O)c2ccccc2C1=O)c1ccc(S(=O)(=O)N2CCOCC2)cc1. The van der Waals surface area contributed by atoms with Crippen molar-refractivity contribution in [3.63, 3.8) is 0 Å². The number of hydrogen-bond donors (Lipinski definition) is 0. The zero-order chi connectivity index (χ0) is 22.0. The predicted molar refractivity (Wildman–Crippen MR) is 108 cm³/mol. The van der Waals surface area contributed by atoms with Crippen molar-refractivity contribution >= 4 is 27.8 Å². The van der Waals surface area contributed by atoms with Gasteiger partial charge in [0.15, 0.2) is 0 Å². The Labute approximate surface area is 179 Å². The van der Waals surface area contributed by atoms with Crippen LogP contribution in [0.4, 0.5) is 0 Å². The fourth-order valence-corrected chi connectivity index (χ4v) is 4.86. The maximum absolute atomic E-state index is 12.6. The Bertz CT molecular complexity index is 1090. The number of carbonyl (C=O) groups excluding carboxylic acids is 3. The molecule has 0 unspecified atom stereocenters. The second-order valence-corrected chi connectivity index (χ2v) is 8.92. The maximum Gasteiger partial charge on any atom is 0.338 e. The van der Waals surface area contributed by atoms with Crippen molar-refractivity contribution in [2.24, 2.45) is 0 Å². The molecule has 2 amide bonds. The lowest BCUT2D eigenvalue weighted by Crippen LogP contribution is -2.40. The molecule has 9 nitrogen and oxygen atoms in total. The first kappa shape index (κ1) is 21.2. The van der Waals surface area contributed by atoms with Crippen LogP contribution in [0.1, 0.15) is 31.1 Å². The van der Waals surface area contributed by atoms with Crippen LogP contribution in [0.2, 0.25) is 0 Å². The van der Waals surface area contributed by atoms with Gasteiger partial charge in [-0.15, -0.1) is 0 Å². The molecule has 2 aromatic carbocycles. The molecular weight excluding hydrogens is 424 g/mol. The summed E-state index contributed by atoms with van der Waals surface area (Å²) >= 11 is 0. The van der Waals surface area contributed by atoms with E-state index in [1.807, 2.05) is 0 Å². The number of nitrogens with zero attached hydrogens (tertiary/aromatic N) is 2. The van der Waals surface area contributed by atoms with Crippen LogP contribution in [0.3, 0.4) is 0 Å². The molecule has 1 fully saturated rings. The average Bonchev–Trinajstić information content (AvgIpc) is 3.04. The molecule has 2 aliphatic rings. The number of rotatable bonds is 6. The van der Waals surface area contributed by atoms with E-state index in [0.717, 1.165) is 4.90 Å². The van der Waals surface area contributed by atoms with E-state index in [0.29, 0.717) is 24.3 Å². The third-order valence-electron chi connectivity index (χ3n) is 5.12. The van der Waals surface area contributed by atoms with Gasteiger partial charge in [0.05, 0.1) is 41.3 Å². The van der Waals surface area contributed by atoms with Crippen LogP contribution in [-0.4, -0.2) is 74.9 Å². The zero-order valence-electron chi connectivity index (χ0n) is 16.5. The minimum atomic E-state index is -3.65. The Morgan fingerprint density at radius 3 is 2.10 bits per heavy atom. The van der Waals surface area contributed by atoms with Crippen LogP contribution in [0.15, 0.2) is 53.4 Å². The topological polar surface area (TPSA) is 110 Å². The largest absolute Gasteiger partial charge is 0.460 e. The number of esters is 1. The van der Waals surface area contributed by atoms with E-state index < -0.39 is 27.8 Å². The van der Waals surface area contributed by atoms with E-state index in [9.17, 15) is 22.8 Å². The summed E-state index contributed by atoms with van der Waals surface area (Å²) in [6.07, 6.45) is 0. The quantitative estimate of drug-likeness (QED) is 0.486. The summed E-state index contributed by atoms with van der Waals surface area (Å²) in [6, 6.07) is 12.0. The van der Waals surface area contributed by atoms with Crippen molar-refractivity contribution in [2.45, 2.75) is 4.90 Å². The molecule has 4 rings (SSSR count). The first-order chi connectivity index (χ1) is 14.9. The maximum atomic E-state index is 12.6. The number of amides is 2. The third kappa shape index (κ3) is 4.09. The number of hydrogen-bond acceptors (Lipinski definition) is 7. The van der Waals surface area contributed by atoms with Gasteiger partial charge in [-0.25, -0.2) is 13.2 Å². The molecule has 10 heteroatoms. The Morgan fingerprint density at radius 2 is 1.52 bits per heavy atom. The van der Waals surface area contributed by atoms with Gasteiger partial charge in [0.25, 0.3) is 11.8 Å². The van der Waals surface area contributed by atoms with Crippen molar-refractivity contribution in [2.75, 3.05) is 39.5 Å². The highest BCUT2D eigenvalue weighted by molar-refractivity contribution is 7.89. The van der Waals surface area contributed by atoms with Gasteiger partial charge >= 0.3 is 5.97 Å². The van der Waals surface area contributed by atoms with Crippen LogP contribution >= 0.6 is 0 Å². The summed E-state index contributed by atoms with van der Waals surface area (Å²) in [5.41, 5.74) is 0.829. The predicted octanol–water partition coefficient (Wildman–Crippen LogP) is 1.16. The summed E-state index contributed by atoms with van der Waals surface area (Å²) in [6.45, 7) is 1.01. The molecule has 1 saturated heterocycles. The summed E-state index contributed by atoms with van der Waals surface area (Å²) in [7, 11) is -3.65. The van der Waals surface area contributed by atoms with Crippen LogP contribution in [0, 0.1) is 0 Å². The highest BCUT2D eigenvalue weighted by atomic mass is 32.2. The van der Waals surface area contributed by atoms with E-state index in [4.69, 9.17) is 9.47 Å². The van der Waals surface area contributed by atoms with E-state index >= 15 is 0 Å². The number of fused-ring (bicyclic) bond motifs is 1. The summed E-state index contributed by atoms with van der Waals surface area (Å²) in [5.74, 6) is -1.52. The monoisotopic (exact) mass is 444 g/mol. The van der Waals surface area contributed by atoms with Gasteiger partial charge in [0, 0.05) is 13.1 Å². The van der Waals surface area contributed by atoms with Crippen LogP contribution < -0.4 is 0 Å². The highest BCUT2D eigenvalue weighted by Gasteiger charge is 2.35.